The fraction of sp³-hybridized carbons (Fsp3) is 0.943. The second-order valence-electron chi connectivity index (χ2n) is 16.1. The molecule has 0 radical (unpaired) electrons. The molecule has 0 amide bonds. The number of aliphatic hydroxyl groups excluding tert-OH is 1. The molecule has 254 valence electrons. The second kappa shape index (κ2) is 16.2. The molecule has 43 heavy (non-hydrogen) atoms. The lowest BCUT2D eigenvalue weighted by Gasteiger charge is -2.56. The molecule has 0 aromatic rings. The van der Waals surface area contributed by atoms with E-state index >= 15 is 0 Å². The lowest BCUT2D eigenvalue weighted by atomic mass is 9.95. The molecule has 1 N–H and O–H groups in total. The van der Waals surface area contributed by atoms with E-state index in [1.165, 1.54) is 0 Å². The standard InChI is InChI=1S/C35H72O5Si3/c1-20-31-33(38-41(22(2)3,23(4)5)24(6)7)35(40-43(28(14)15,29(16)17)30(18)19)34(32(21-36)37-31)39-42(25(8)9,26(10)11)27(12)13/h1,22-36H,21H2,2-19H3/t31-,32-,33-,34-,35+/m1/s1. The van der Waals surface area contributed by atoms with Crippen molar-refractivity contribution in [3.8, 4) is 12.3 Å². The van der Waals surface area contributed by atoms with E-state index < -0.39 is 55.5 Å². The van der Waals surface area contributed by atoms with Gasteiger partial charge in [0, 0.05) is 0 Å². The monoisotopic (exact) mass is 656 g/mol. The van der Waals surface area contributed by atoms with Gasteiger partial charge in [-0.2, -0.15) is 0 Å². The van der Waals surface area contributed by atoms with Crippen LogP contribution in [-0.2, 0) is 18.0 Å². The third-order valence-electron chi connectivity index (χ3n) is 11.1. The van der Waals surface area contributed by atoms with E-state index in [1.807, 2.05) is 0 Å². The summed E-state index contributed by atoms with van der Waals surface area (Å²) in [5.74, 6) is 2.97. The van der Waals surface area contributed by atoms with E-state index in [4.69, 9.17) is 24.4 Å². The number of rotatable bonds is 16. The van der Waals surface area contributed by atoms with Gasteiger partial charge >= 0.3 is 0 Å². The van der Waals surface area contributed by atoms with Crippen LogP contribution in [0.5, 0.6) is 0 Å². The van der Waals surface area contributed by atoms with Crippen LogP contribution in [0.3, 0.4) is 0 Å². The molecule has 5 atom stereocenters. The molecule has 1 aliphatic rings. The molecule has 1 saturated heterocycles. The highest BCUT2D eigenvalue weighted by Gasteiger charge is 2.59. The van der Waals surface area contributed by atoms with Gasteiger partial charge in [-0.05, 0) is 49.9 Å². The first-order valence-corrected chi connectivity index (χ1v) is 23.8. The van der Waals surface area contributed by atoms with E-state index in [0.29, 0.717) is 49.9 Å². The van der Waals surface area contributed by atoms with Crippen molar-refractivity contribution in [3.05, 3.63) is 0 Å². The topological polar surface area (TPSA) is 57.2 Å². The summed E-state index contributed by atoms with van der Waals surface area (Å²) in [5, 5.41) is 10.9. The number of hydrogen-bond acceptors (Lipinski definition) is 5. The Morgan fingerprint density at radius 1 is 0.512 bits per heavy atom. The minimum atomic E-state index is -2.43. The highest BCUT2D eigenvalue weighted by molar-refractivity contribution is 6.79. The molecule has 0 aliphatic carbocycles. The maximum absolute atomic E-state index is 10.9. The molecular formula is C35H72O5Si3. The molecule has 0 bridgehead atoms. The average Bonchev–Trinajstić information content (AvgIpc) is 2.86. The lowest BCUT2D eigenvalue weighted by Crippen LogP contribution is -2.69. The van der Waals surface area contributed by atoms with Crippen LogP contribution in [0.15, 0.2) is 0 Å². The first kappa shape index (κ1) is 41.0. The van der Waals surface area contributed by atoms with Crippen LogP contribution < -0.4 is 0 Å². The molecule has 0 spiro atoms. The molecule has 0 unspecified atom stereocenters. The molecule has 0 aromatic carbocycles. The SMILES string of the molecule is C#C[C@H]1O[C@H](CO)[C@@H](O[Si](C(C)C)(C(C)C)C(C)C)[C@@H](O[Si](C(C)C)(C(C)C)C(C)C)[C@@H]1O[Si](C(C)C)(C(C)C)C(C)C. The summed E-state index contributed by atoms with van der Waals surface area (Å²) in [5.41, 5.74) is 3.35. The number of ether oxygens (including phenoxy) is 1. The van der Waals surface area contributed by atoms with Crippen LogP contribution in [0, 0.1) is 12.3 Å². The van der Waals surface area contributed by atoms with Gasteiger partial charge in [0.2, 0.25) is 25.0 Å². The minimum absolute atomic E-state index is 0.172. The Kier molecular flexibility index (Phi) is 15.5. The summed E-state index contributed by atoms with van der Waals surface area (Å²) in [4.78, 5) is 0. The highest BCUT2D eigenvalue weighted by Crippen LogP contribution is 2.50. The third kappa shape index (κ3) is 7.77. The van der Waals surface area contributed by atoms with Gasteiger partial charge in [0.05, 0.1) is 6.61 Å². The Hall–Kier alpha value is 0.0106. The van der Waals surface area contributed by atoms with Crippen molar-refractivity contribution < 1.29 is 23.1 Å². The first-order chi connectivity index (χ1) is 19.7. The van der Waals surface area contributed by atoms with Crippen molar-refractivity contribution in [2.75, 3.05) is 6.61 Å². The molecule has 1 heterocycles. The third-order valence-corrected chi connectivity index (χ3v) is 29.4. The van der Waals surface area contributed by atoms with Crippen LogP contribution in [0.4, 0.5) is 0 Å². The summed E-state index contributed by atoms with van der Waals surface area (Å²) in [6.07, 6.45) is 3.69. The van der Waals surface area contributed by atoms with Gasteiger partial charge in [-0.15, -0.1) is 6.42 Å². The Morgan fingerprint density at radius 2 is 0.767 bits per heavy atom. The number of hydrogen-bond donors (Lipinski definition) is 1. The molecule has 1 rings (SSSR count). The van der Waals surface area contributed by atoms with Crippen LogP contribution in [-0.4, -0.2) is 67.2 Å². The Bertz CT molecular complexity index is 812. The Morgan fingerprint density at radius 3 is 1.00 bits per heavy atom. The van der Waals surface area contributed by atoms with Gasteiger partial charge in [0.25, 0.3) is 0 Å². The molecule has 0 saturated carbocycles. The van der Waals surface area contributed by atoms with Crippen molar-refractivity contribution in [1.82, 2.24) is 0 Å². The zero-order valence-electron chi connectivity index (χ0n) is 31.4. The van der Waals surface area contributed by atoms with Crippen molar-refractivity contribution in [3.63, 3.8) is 0 Å². The van der Waals surface area contributed by atoms with Gasteiger partial charge in [-0.1, -0.05) is 131 Å². The number of aliphatic hydroxyl groups is 1. The summed E-state index contributed by atoms with van der Waals surface area (Å²) < 4.78 is 29.6. The van der Waals surface area contributed by atoms with Crippen molar-refractivity contribution in [1.29, 1.82) is 0 Å². The summed E-state index contributed by atoms with van der Waals surface area (Å²) in [6, 6.07) is 0. The Labute approximate surface area is 271 Å². The number of terminal acetylenes is 1. The maximum atomic E-state index is 10.9. The van der Waals surface area contributed by atoms with E-state index in [2.05, 4.69) is 131 Å². The van der Waals surface area contributed by atoms with Crippen LogP contribution in [0.1, 0.15) is 125 Å². The summed E-state index contributed by atoms with van der Waals surface area (Å²) >= 11 is 0. The largest absolute Gasteiger partial charge is 0.408 e. The van der Waals surface area contributed by atoms with Gasteiger partial charge < -0.3 is 23.1 Å². The zero-order chi connectivity index (χ0) is 33.8. The van der Waals surface area contributed by atoms with Crippen LogP contribution in [0.2, 0.25) is 49.9 Å². The fourth-order valence-corrected chi connectivity index (χ4v) is 26.2. The van der Waals surface area contributed by atoms with Gasteiger partial charge in [0.15, 0.2) is 0 Å². The summed E-state index contributed by atoms with van der Waals surface area (Å²) in [6.45, 7) is 41.5. The molecule has 5 nitrogen and oxygen atoms in total. The van der Waals surface area contributed by atoms with E-state index in [1.54, 1.807) is 0 Å². The van der Waals surface area contributed by atoms with Gasteiger partial charge in [-0.3, -0.25) is 0 Å². The molecule has 0 aromatic heterocycles. The quantitative estimate of drug-likeness (QED) is 0.132. The van der Waals surface area contributed by atoms with Gasteiger partial charge in [0.1, 0.15) is 30.5 Å². The highest BCUT2D eigenvalue weighted by atomic mass is 28.4. The van der Waals surface area contributed by atoms with E-state index in [0.717, 1.165) is 0 Å². The normalized spacial score (nSPS) is 24.7. The molecule has 8 heteroatoms. The van der Waals surface area contributed by atoms with Crippen LogP contribution in [0.25, 0.3) is 0 Å². The molecular weight excluding hydrogens is 585 g/mol. The maximum Gasteiger partial charge on any atom is 0.201 e. The zero-order valence-corrected chi connectivity index (χ0v) is 34.4. The van der Waals surface area contributed by atoms with E-state index in [-0.39, 0.29) is 6.61 Å². The fourth-order valence-electron chi connectivity index (χ4n) is 9.53. The van der Waals surface area contributed by atoms with Crippen LogP contribution >= 0.6 is 0 Å². The van der Waals surface area contributed by atoms with E-state index in [9.17, 15) is 5.11 Å². The van der Waals surface area contributed by atoms with Crippen molar-refractivity contribution >= 4 is 25.0 Å². The smallest absolute Gasteiger partial charge is 0.201 e. The second-order valence-corrected chi connectivity index (χ2v) is 32.4. The predicted octanol–water partition coefficient (Wildman–Crippen LogP) is 10.1. The first-order valence-electron chi connectivity index (χ1n) is 17.4. The molecule has 1 aliphatic heterocycles. The minimum Gasteiger partial charge on any atom is -0.408 e. The summed E-state index contributed by atoms with van der Waals surface area (Å²) in [7, 11) is -7.25. The predicted molar refractivity (Wildman–Crippen MR) is 192 cm³/mol. The van der Waals surface area contributed by atoms with Crippen molar-refractivity contribution in [2.24, 2.45) is 0 Å². The average molecular weight is 657 g/mol. The van der Waals surface area contributed by atoms with Crippen molar-refractivity contribution in [2.45, 2.75) is 205 Å². The Balaban J connectivity index is 4.19. The van der Waals surface area contributed by atoms with Gasteiger partial charge in [-0.25, -0.2) is 0 Å². The molecule has 1 fully saturated rings. The lowest BCUT2D eigenvalue weighted by molar-refractivity contribution is -0.203.